The van der Waals surface area contributed by atoms with Crippen LogP contribution in [0.25, 0.3) is 0 Å². The Kier molecular flexibility index (Phi) is 5.12. The third kappa shape index (κ3) is 3.84. The van der Waals surface area contributed by atoms with Gasteiger partial charge < -0.3 is 10.0 Å². The van der Waals surface area contributed by atoms with Crippen molar-refractivity contribution in [2.75, 3.05) is 13.1 Å². The third-order valence-corrected chi connectivity index (χ3v) is 3.29. The highest BCUT2D eigenvalue weighted by molar-refractivity contribution is 9.11. The molecule has 0 aliphatic carbocycles. The van der Waals surface area contributed by atoms with E-state index >= 15 is 0 Å². The van der Waals surface area contributed by atoms with Crippen molar-refractivity contribution in [3.8, 4) is 0 Å². The molecule has 0 unspecified atom stereocenters. The van der Waals surface area contributed by atoms with Crippen LogP contribution in [0.4, 0.5) is 0 Å². The van der Waals surface area contributed by atoms with Gasteiger partial charge in [-0.25, -0.2) is 0 Å². The highest BCUT2D eigenvalue weighted by atomic mass is 79.9. The minimum atomic E-state index is -0.127. The van der Waals surface area contributed by atoms with Crippen LogP contribution in [0.5, 0.6) is 0 Å². The lowest BCUT2D eigenvalue weighted by atomic mass is 10.1. The molecule has 0 atom stereocenters. The molecular formula is C12H18BrNO. The van der Waals surface area contributed by atoms with Crippen LogP contribution in [0.1, 0.15) is 19.8 Å². The van der Waals surface area contributed by atoms with Crippen molar-refractivity contribution in [2.24, 2.45) is 0 Å². The first-order valence-corrected chi connectivity index (χ1v) is 6.05. The standard InChI is InChI=1S/C12H18BrNO/c1-3-10(13)9-11(4-2)14-7-5-12(15)6-8-14/h3-4,9,12,15H,2,5-8H2,1H3/b10-3+,11-9+. The summed E-state index contributed by atoms with van der Waals surface area (Å²) in [6.45, 7) is 7.62. The number of halogens is 1. The van der Waals surface area contributed by atoms with Crippen LogP contribution >= 0.6 is 15.9 Å². The summed E-state index contributed by atoms with van der Waals surface area (Å²) in [5.74, 6) is 0. The molecule has 0 aromatic carbocycles. The maximum absolute atomic E-state index is 9.42. The van der Waals surface area contributed by atoms with E-state index in [9.17, 15) is 5.11 Å². The summed E-state index contributed by atoms with van der Waals surface area (Å²) in [4.78, 5) is 2.25. The summed E-state index contributed by atoms with van der Waals surface area (Å²) in [6, 6.07) is 0. The van der Waals surface area contributed by atoms with E-state index in [0.717, 1.165) is 36.1 Å². The molecule has 0 amide bonds. The van der Waals surface area contributed by atoms with Gasteiger partial charge in [0, 0.05) is 23.3 Å². The van der Waals surface area contributed by atoms with Crippen LogP contribution < -0.4 is 0 Å². The highest BCUT2D eigenvalue weighted by Gasteiger charge is 2.17. The van der Waals surface area contributed by atoms with Gasteiger partial charge in [-0.15, -0.1) is 0 Å². The molecule has 1 fully saturated rings. The summed E-state index contributed by atoms with van der Waals surface area (Å²) >= 11 is 3.46. The molecule has 1 saturated heterocycles. The van der Waals surface area contributed by atoms with Crippen molar-refractivity contribution in [3.05, 3.63) is 35.0 Å². The van der Waals surface area contributed by atoms with Gasteiger partial charge in [0.25, 0.3) is 0 Å². The van der Waals surface area contributed by atoms with Gasteiger partial charge in [-0.2, -0.15) is 0 Å². The zero-order valence-electron chi connectivity index (χ0n) is 9.12. The first kappa shape index (κ1) is 12.5. The summed E-state index contributed by atoms with van der Waals surface area (Å²) in [6.07, 6.45) is 7.49. The van der Waals surface area contributed by atoms with Crippen LogP contribution in [-0.2, 0) is 0 Å². The van der Waals surface area contributed by atoms with E-state index in [1.807, 2.05) is 19.1 Å². The summed E-state index contributed by atoms with van der Waals surface area (Å²) in [5.41, 5.74) is 1.12. The smallest absolute Gasteiger partial charge is 0.0574 e. The third-order valence-electron chi connectivity index (χ3n) is 2.60. The molecule has 1 N–H and O–H groups in total. The quantitative estimate of drug-likeness (QED) is 0.798. The molecular weight excluding hydrogens is 254 g/mol. The van der Waals surface area contributed by atoms with E-state index in [0.29, 0.717) is 0 Å². The monoisotopic (exact) mass is 271 g/mol. The second-order valence-electron chi connectivity index (χ2n) is 3.67. The number of hydrogen-bond donors (Lipinski definition) is 1. The van der Waals surface area contributed by atoms with Crippen LogP contribution in [0, 0.1) is 0 Å². The lowest BCUT2D eigenvalue weighted by molar-refractivity contribution is 0.0986. The number of nitrogens with zero attached hydrogens (tertiary/aromatic N) is 1. The Hall–Kier alpha value is -0.540. The van der Waals surface area contributed by atoms with E-state index < -0.39 is 0 Å². The molecule has 1 aliphatic heterocycles. The Morgan fingerprint density at radius 2 is 2.07 bits per heavy atom. The minimum absolute atomic E-state index is 0.127. The van der Waals surface area contributed by atoms with E-state index in [4.69, 9.17) is 0 Å². The fourth-order valence-corrected chi connectivity index (χ4v) is 1.86. The maximum atomic E-state index is 9.42. The van der Waals surface area contributed by atoms with Gasteiger partial charge >= 0.3 is 0 Å². The van der Waals surface area contributed by atoms with Crippen LogP contribution in [0.2, 0.25) is 0 Å². The summed E-state index contributed by atoms with van der Waals surface area (Å²) in [5, 5.41) is 9.42. The highest BCUT2D eigenvalue weighted by Crippen LogP contribution is 2.19. The Morgan fingerprint density at radius 3 is 2.53 bits per heavy atom. The predicted molar refractivity (Wildman–Crippen MR) is 67.8 cm³/mol. The van der Waals surface area contributed by atoms with Gasteiger partial charge in [0.15, 0.2) is 0 Å². The lowest BCUT2D eigenvalue weighted by Gasteiger charge is -2.32. The zero-order chi connectivity index (χ0) is 11.3. The SMILES string of the molecule is C=C/C(=C\C(Br)=C/C)N1CCC(O)CC1. The normalized spacial score (nSPS) is 20.6. The molecule has 0 bridgehead atoms. The molecule has 2 nitrogen and oxygen atoms in total. The van der Waals surface area contributed by atoms with Crippen LogP contribution in [0.15, 0.2) is 35.0 Å². The number of likely N-dealkylation sites (tertiary alicyclic amines) is 1. The van der Waals surface area contributed by atoms with Gasteiger partial charge in [0.2, 0.25) is 0 Å². The predicted octanol–water partition coefficient (Wildman–Crippen LogP) is 2.81. The average Bonchev–Trinajstić information content (AvgIpc) is 2.27. The Labute approximate surface area is 100 Å². The van der Waals surface area contributed by atoms with Crippen molar-refractivity contribution in [3.63, 3.8) is 0 Å². The largest absolute Gasteiger partial charge is 0.393 e. The van der Waals surface area contributed by atoms with Gasteiger partial charge in [0.05, 0.1) is 6.10 Å². The molecule has 1 heterocycles. The molecule has 0 spiro atoms. The maximum Gasteiger partial charge on any atom is 0.0574 e. The van der Waals surface area contributed by atoms with E-state index in [1.54, 1.807) is 0 Å². The van der Waals surface area contributed by atoms with Crippen molar-refractivity contribution in [2.45, 2.75) is 25.9 Å². The molecule has 0 radical (unpaired) electrons. The van der Waals surface area contributed by atoms with Gasteiger partial charge in [-0.3, -0.25) is 0 Å². The average molecular weight is 272 g/mol. The molecule has 0 aromatic rings. The van der Waals surface area contributed by atoms with Crippen LogP contribution in [-0.4, -0.2) is 29.2 Å². The summed E-state index contributed by atoms with van der Waals surface area (Å²) < 4.78 is 1.06. The fraction of sp³-hybridized carbons (Fsp3) is 0.500. The Balaban J connectivity index is 2.67. The minimum Gasteiger partial charge on any atom is -0.393 e. The van der Waals surface area contributed by atoms with E-state index in [-0.39, 0.29) is 6.10 Å². The Morgan fingerprint density at radius 1 is 1.47 bits per heavy atom. The number of rotatable bonds is 3. The van der Waals surface area contributed by atoms with E-state index in [2.05, 4.69) is 33.5 Å². The van der Waals surface area contributed by atoms with Crippen molar-refractivity contribution < 1.29 is 5.11 Å². The fourth-order valence-electron chi connectivity index (χ4n) is 1.63. The van der Waals surface area contributed by atoms with E-state index in [1.165, 1.54) is 0 Å². The van der Waals surface area contributed by atoms with Gasteiger partial charge in [-0.05, 0) is 31.9 Å². The number of aliphatic hydroxyl groups is 1. The summed E-state index contributed by atoms with van der Waals surface area (Å²) in [7, 11) is 0. The van der Waals surface area contributed by atoms with Crippen molar-refractivity contribution >= 4 is 15.9 Å². The molecule has 0 saturated carbocycles. The molecule has 84 valence electrons. The number of piperidine rings is 1. The van der Waals surface area contributed by atoms with Crippen molar-refractivity contribution in [1.29, 1.82) is 0 Å². The molecule has 3 heteroatoms. The zero-order valence-corrected chi connectivity index (χ0v) is 10.7. The second kappa shape index (κ2) is 6.13. The first-order valence-electron chi connectivity index (χ1n) is 5.26. The van der Waals surface area contributed by atoms with Gasteiger partial charge in [-0.1, -0.05) is 28.6 Å². The molecule has 15 heavy (non-hydrogen) atoms. The van der Waals surface area contributed by atoms with Gasteiger partial charge in [0.1, 0.15) is 0 Å². The first-order chi connectivity index (χ1) is 7.17. The molecule has 1 rings (SSSR count). The number of aliphatic hydroxyl groups excluding tert-OH is 1. The second-order valence-corrected chi connectivity index (χ2v) is 4.58. The molecule has 0 aromatic heterocycles. The number of hydrogen-bond acceptors (Lipinski definition) is 2. The topological polar surface area (TPSA) is 23.5 Å². The van der Waals surface area contributed by atoms with Crippen LogP contribution in [0.3, 0.4) is 0 Å². The Bertz CT molecular complexity index is 275. The van der Waals surface area contributed by atoms with Crippen molar-refractivity contribution in [1.82, 2.24) is 4.90 Å². The lowest BCUT2D eigenvalue weighted by Crippen LogP contribution is -2.34. The molecule has 1 aliphatic rings. The number of allylic oxidation sites excluding steroid dienone is 4.